The zero-order valence-electron chi connectivity index (χ0n) is 16.0. The number of nitrogens with zero attached hydrogens (tertiary/aromatic N) is 1. The maximum absolute atomic E-state index is 13.0. The van der Waals surface area contributed by atoms with E-state index >= 15 is 0 Å². The number of nitrogens with one attached hydrogen (secondary N) is 2. The second-order valence-electron chi connectivity index (χ2n) is 7.12. The largest absolute Gasteiger partial charge is 0.384 e. The van der Waals surface area contributed by atoms with Gasteiger partial charge in [0.05, 0.1) is 4.88 Å². The molecule has 1 unspecified atom stereocenters. The molecule has 2 atom stereocenters. The van der Waals surface area contributed by atoms with Crippen LogP contribution in [0.5, 0.6) is 0 Å². The Hall–Kier alpha value is -2.23. The number of nitrogens with two attached hydrogens (primary N) is 1. The summed E-state index contributed by atoms with van der Waals surface area (Å²) < 4.78 is 6.99. The molecule has 0 aliphatic carbocycles. The first-order valence-electron chi connectivity index (χ1n) is 9.63. The topological polar surface area (TPSA) is 112 Å². The maximum atomic E-state index is 13.0. The van der Waals surface area contributed by atoms with Crippen LogP contribution in [0, 0.1) is 0 Å². The maximum Gasteiger partial charge on any atom is 0.329 e. The Morgan fingerprint density at radius 2 is 2.29 bits per heavy atom. The molecule has 1 aliphatic rings. The van der Waals surface area contributed by atoms with Crippen molar-refractivity contribution in [2.75, 3.05) is 25.4 Å². The fraction of sp³-hybridized carbons (Fsp3) is 0.526. The molecule has 4 N–H and O–H groups in total. The Kier molecular flexibility index (Phi) is 6.82. The van der Waals surface area contributed by atoms with Crippen molar-refractivity contribution in [2.45, 2.75) is 45.4 Å². The summed E-state index contributed by atoms with van der Waals surface area (Å²) in [6.45, 7) is 4.48. The van der Waals surface area contributed by atoms with Crippen molar-refractivity contribution in [3.05, 3.63) is 48.8 Å². The van der Waals surface area contributed by atoms with Crippen LogP contribution < -0.4 is 21.9 Å². The Bertz CT molecular complexity index is 913. The molecule has 3 rings (SSSR count). The number of anilines is 1. The number of H-pyrrole nitrogens is 1. The number of carbonyl (C=O) groups excluding carboxylic acids is 1. The highest BCUT2D eigenvalue weighted by Gasteiger charge is 2.27. The summed E-state index contributed by atoms with van der Waals surface area (Å²) in [5.41, 5.74) is 4.62. The van der Waals surface area contributed by atoms with E-state index in [4.69, 9.17) is 10.5 Å². The number of nitrogen functional groups attached to an aromatic ring is 1. The smallest absolute Gasteiger partial charge is 0.329 e. The predicted molar refractivity (Wildman–Crippen MR) is 108 cm³/mol. The van der Waals surface area contributed by atoms with Gasteiger partial charge in [0.2, 0.25) is 5.78 Å². The number of hydrogen-bond donors (Lipinski definition) is 3. The highest BCUT2D eigenvalue weighted by atomic mass is 32.1. The summed E-state index contributed by atoms with van der Waals surface area (Å²) in [6.07, 6.45) is 2.79. The van der Waals surface area contributed by atoms with E-state index in [1.807, 2.05) is 24.4 Å². The number of quaternary nitrogens is 1. The average Bonchev–Trinajstić information content (AvgIpc) is 3.32. The molecule has 0 spiro atoms. The Labute approximate surface area is 166 Å². The summed E-state index contributed by atoms with van der Waals surface area (Å²) in [5.74, 6) is -0.402. The van der Waals surface area contributed by atoms with Crippen molar-refractivity contribution in [1.82, 2.24) is 9.55 Å². The van der Waals surface area contributed by atoms with Gasteiger partial charge < -0.3 is 15.4 Å². The van der Waals surface area contributed by atoms with Gasteiger partial charge in [-0.25, -0.2) is 4.79 Å². The van der Waals surface area contributed by atoms with Crippen LogP contribution in [0.3, 0.4) is 0 Å². The molecule has 3 heterocycles. The number of ketones is 1. The van der Waals surface area contributed by atoms with Crippen LogP contribution in [0.2, 0.25) is 0 Å². The monoisotopic (exact) mass is 407 g/mol. The lowest BCUT2D eigenvalue weighted by Gasteiger charge is -2.21. The number of Topliss-reactive ketones (excluding diaryl/α,β-unsaturated/α-hetero) is 1. The van der Waals surface area contributed by atoms with Gasteiger partial charge in [-0.3, -0.25) is 19.1 Å². The van der Waals surface area contributed by atoms with Gasteiger partial charge in [0.1, 0.15) is 37.1 Å². The zero-order chi connectivity index (χ0) is 20.1. The fourth-order valence-electron chi connectivity index (χ4n) is 3.61. The summed E-state index contributed by atoms with van der Waals surface area (Å²) in [4.78, 5) is 41.7. The third-order valence-corrected chi connectivity index (χ3v) is 5.80. The van der Waals surface area contributed by atoms with E-state index in [0.29, 0.717) is 26.1 Å². The molecule has 2 aromatic heterocycles. The lowest BCUT2D eigenvalue weighted by atomic mass is 10.1. The third kappa shape index (κ3) is 4.78. The van der Waals surface area contributed by atoms with Crippen LogP contribution in [0.1, 0.15) is 41.4 Å². The number of rotatable bonds is 9. The first-order valence-corrected chi connectivity index (χ1v) is 10.5. The van der Waals surface area contributed by atoms with Gasteiger partial charge in [0, 0.05) is 13.2 Å². The molecule has 0 radical (unpaired) electrons. The van der Waals surface area contributed by atoms with E-state index in [-0.39, 0.29) is 29.8 Å². The number of aromatic nitrogens is 2. The van der Waals surface area contributed by atoms with Crippen LogP contribution >= 0.6 is 11.3 Å². The molecule has 28 heavy (non-hydrogen) atoms. The van der Waals surface area contributed by atoms with Gasteiger partial charge in [-0.2, -0.15) is 0 Å². The first kappa shape index (κ1) is 20.5. The molecule has 1 saturated heterocycles. The standard InChI is InChI=1S/C19H26N4O4S/c1-2-7-23-17(20)16(18(25)21-19(23)26)15(24)12-22(10-13-5-3-8-27-13)11-14-6-4-9-28-14/h4,6,9,13H,2-3,5,7-8,10-12,20H2,1H3,(H,21,25,26)/p+1/t13-/m1/s1. The normalized spacial score (nSPS) is 17.7. The summed E-state index contributed by atoms with van der Waals surface area (Å²) in [5, 5.41) is 2.00. The van der Waals surface area contributed by atoms with E-state index in [9.17, 15) is 14.4 Å². The molecular weight excluding hydrogens is 380 g/mol. The average molecular weight is 408 g/mol. The minimum atomic E-state index is -0.715. The van der Waals surface area contributed by atoms with Crippen molar-refractivity contribution in [1.29, 1.82) is 0 Å². The Morgan fingerprint density at radius 1 is 1.46 bits per heavy atom. The van der Waals surface area contributed by atoms with E-state index in [1.165, 1.54) is 9.44 Å². The molecule has 1 aliphatic heterocycles. The van der Waals surface area contributed by atoms with Crippen molar-refractivity contribution in [2.24, 2.45) is 0 Å². The Morgan fingerprint density at radius 3 is 2.93 bits per heavy atom. The van der Waals surface area contributed by atoms with Crippen molar-refractivity contribution in [3.8, 4) is 0 Å². The van der Waals surface area contributed by atoms with Crippen molar-refractivity contribution in [3.63, 3.8) is 0 Å². The number of ether oxygens (including phenoxy) is 1. The van der Waals surface area contributed by atoms with Gasteiger partial charge in [-0.1, -0.05) is 13.0 Å². The van der Waals surface area contributed by atoms with Crippen LogP contribution in [0.15, 0.2) is 27.1 Å². The molecule has 2 aromatic rings. The highest BCUT2D eigenvalue weighted by molar-refractivity contribution is 7.09. The van der Waals surface area contributed by atoms with Crippen LogP contribution in [-0.2, 0) is 17.8 Å². The SMILES string of the molecule is CCCn1c(N)c(C(=O)C[NH+](Cc2cccs2)C[C@H]2CCCO2)c(=O)[nH]c1=O. The summed E-state index contributed by atoms with van der Waals surface area (Å²) in [6, 6.07) is 4.02. The molecular formula is C19H27N4O4S+. The van der Waals surface area contributed by atoms with E-state index in [2.05, 4.69) is 4.98 Å². The van der Waals surface area contributed by atoms with Gasteiger partial charge in [-0.15, -0.1) is 11.3 Å². The molecule has 0 bridgehead atoms. The quantitative estimate of drug-likeness (QED) is 0.508. The van der Waals surface area contributed by atoms with Crippen LogP contribution in [0.4, 0.5) is 5.82 Å². The van der Waals surface area contributed by atoms with Gasteiger partial charge in [0.15, 0.2) is 0 Å². The van der Waals surface area contributed by atoms with Crippen LogP contribution in [0.25, 0.3) is 0 Å². The minimum Gasteiger partial charge on any atom is -0.384 e. The van der Waals surface area contributed by atoms with Crippen molar-refractivity contribution >= 4 is 22.9 Å². The fourth-order valence-corrected chi connectivity index (χ4v) is 4.39. The van der Waals surface area contributed by atoms with E-state index < -0.39 is 11.2 Å². The summed E-state index contributed by atoms with van der Waals surface area (Å²) in [7, 11) is 0. The molecule has 152 valence electrons. The second-order valence-corrected chi connectivity index (χ2v) is 8.15. The number of hydrogen-bond acceptors (Lipinski definition) is 6. The number of aromatic amines is 1. The minimum absolute atomic E-state index is 0.0480. The zero-order valence-corrected chi connectivity index (χ0v) is 16.8. The second kappa shape index (κ2) is 9.31. The third-order valence-electron chi connectivity index (χ3n) is 4.92. The van der Waals surface area contributed by atoms with Crippen molar-refractivity contribution < 1.29 is 14.4 Å². The first-order chi connectivity index (χ1) is 13.5. The van der Waals surface area contributed by atoms with E-state index in [0.717, 1.165) is 24.3 Å². The molecule has 0 saturated carbocycles. The summed E-state index contributed by atoms with van der Waals surface area (Å²) >= 11 is 1.64. The van der Waals surface area contributed by atoms with Gasteiger partial charge >= 0.3 is 5.69 Å². The molecule has 0 aromatic carbocycles. The molecule has 8 nitrogen and oxygen atoms in total. The van der Waals surface area contributed by atoms with Crippen LogP contribution in [-0.4, -0.2) is 41.1 Å². The molecule has 0 amide bonds. The molecule has 1 fully saturated rings. The van der Waals surface area contributed by atoms with E-state index in [1.54, 1.807) is 11.3 Å². The van der Waals surface area contributed by atoms with Gasteiger partial charge in [0.25, 0.3) is 5.56 Å². The highest BCUT2D eigenvalue weighted by Crippen LogP contribution is 2.11. The lowest BCUT2D eigenvalue weighted by Crippen LogP contribution is -3.12. The molecule has 9 heteroatoms. The Balaban J connectivity index is 1.83. The number of thiophene rings is 1. The predicted octanol–water partition coefficient (Wildman–Crippen LogP) is 0.0371. The number of carbonyl (C=O) groups is 1. The lowest BCUT2D eigenvalue weighted by molar-refractivity contribution is -0.908. The van der Waals surface area contributed by atoms with Gasteiger partial charge in [-0.05, 0) is 30.7 Å².